The van der Waals surface area contributed by atoms with Crippen molar-refractivity contribution in [2.75, 3.05) is 17.2 Å². The van der Waals surface area contributed by atoms with E-state index in [1.54, 1.807) is 4.90 Å². The number of anilines is 2. The van der Waals surface area contributed by atoms with Crippen molar-refractivity contribution in [1.29, 1.82) is 0 Å². The molecule has 1 aromatic carbocycles. The van der Waals surface area contributed by atoms with Crippen LogP contribution in [0.2, 0.25) is 0 Å². The lowest BCUT2D eigenvalue weighted by molar-refractivity contribution is 0.126. The first-order chi connectivity index (χ1) is 7.71. The largest absolute Gasteiger partial charge is 0.449 e. The van der Waals surface area contributed by atoms with Gasteiger partial charge in [0.2, 0.25) is 0 Å². The third kappa shape index (κ3) is 1.33. The normalized spacial score (nSPS) is 22.0. The van der Waals surface area contributed by atoms with Crippen LogP contribution in [0, 0.1) is 0 Å². The van der Waals surface area contributed by atoms with Crippen LogP contribution in [0.4, 0.5) is 16.2 Å². The molecule has 2 N–H and O–H groups in total. The average molecular weight is 218 g/mol. The van der Waals surface area contributed by atoms with Gasteiger partial charge < -0.3 is 10.5 Å². The second-order valence-corrected chi connectivity index (χ2v) is 4.52. The number of nitrogens with zero attached hydrogens (tertiary/aromatic N) is 1. The van der Waals surface area contributed by atoms with E-state index in [-0.39, 0.29) is 11.6 Å². The molecule has 0 aromatic heterocycles. The highest BCUT2D eigenvalue weighted by Gasteiger charge is 2.53. The van der Waals surface area contributed by atoms with Crippen molar-refractivity contribution in [3.63, 3.8) is 0 Å². The number of hydrogen-bond acceptors (Lipinski definition) is 3. The summed E-state index contributed by atoms with van der Waals surface area (Å²) in [5.74, 6) is 0. The fraction of sp³-hybridized carbons (Fsp3) is 0.417. The molecular formula is C12H14N2O2. The molecule has 1 saturated carbocycles. The number of cyclic esters (lactones) is 1. The summed E-state index contributed by atoms with van der Waals surface area (Å²) in [5.41, 5.74) is 7.28. The van der Waals surface area contributed by atoms with E-state index in [0.717, 1.165) is 24.9 Å². The minimum Gasteiger partial charge on any atom is -0.449 e. The first-order valence-corrected chi connectivity index (χ1v) is 5.54. The van der Waals surface area contributed by atoms with Gasteiger partial charge in [-0.2, -0.15) is 0 Å². The molecule has 84 valence electrons. The van der Waals surface area contributed by atoms with Crippen LogP contribution in [-0.2, 0) is 4.74 Å². The van der Waals surface area contributed by atoms with Crippen molar-refractivity contribution in [3.05, 3.63) is 24.3 Å². The van der Waals surface area contributed by atoms with Gasteiger partial charge in [0.25, 0.3) is 0 Å². The quantitative estimate of drug-likeness (QED) is 0.735. The SMILES string of the molecule is Nc1cccc(N2C(=O)OCCC23CC3)c1. The van der Waals surface area contributed by atoms with Gasteiger partial charge >= 0.3 is 6.09 Å². The first-order valence-electron chi connectivity index (χ1n) is 5.54. The minimum atomic E-state index is -0.241. The highest BCUT2D eigenvalue weighted by molar-refractivity contribution is 5.91. The van der Waals surface area contributed by atoms with E-state index in [1.165, 1.54) is 0 Å². The van der Waals surface area contributed by atoms with Crippen LogP contribution in [0.25, 0.3) is 0 Å². The number of amides is 1. The fourth-order valence-corrected chi connectivity index (χ4v) is 2.36. The second-order valence-electron chi connectivity index (χ2n) is 4.52. The highest BCUT2D eigenvalue weighted by atomic mass is 16.6. The van der Waals surface area contributed by atoms with Gasteiger partial charge in [0.15, 0.2) is 0 Å². The van der Waals surface area contributed by atoms with Crippen molar-refractivity contribution in [1.82, 2.24) is 0 Å². The van der Waals surface area contributed by atoms with Crippen LogP contribution >= 0.6 is 0 Å². The summed E-state index contributed by atoms with van der Waals surface area (Å²) in [6.07, 6.45) is 2.82. The van der Waals surface area contributed by atoms with E-state index in [1.807, 2.05) is 24.3 Å². The standard InChI is InChI=1S/C12H14N2O2/c13-9-2-1-3-10(8-9)14-11(15)16-7-6-12(14)4-5-12/h1-3,8H,4-7,13H2. The van der Waals surface area contributed by atoms with E-state index in [9.17, 15) is 4.79 Å². The van der Waals surface area contributed by atoms with Crippen molar-refractivity contribution >= 4 is 17.5 Å². The van der Waals surface area contributed by atoms with E-state index >= 15 is 0 Å². The summed E-state index contributed by atoms with van der Waals surface area (Å²) < 4.78 is 5.11. The molecule has 1 amide bonds. The van der Waals surface area contributed by atoms with Gasteiger partial charge in [0.05, 0.1) is 12.1 Å². The molecule has 1 saturated heterocycles. The maximum atomic E-state index is 11.8. The molecule has 0 radical (unpaired) electrons. The van der Waals surface area contributed by atoms with Gasteiger partial charge in [0, 0.05) is 17.8 Å². The number of nitrogens with two attached hydrogens (primary N) is 1. The molecule has 1 heterocycles. The lowest BCUT2D eigenvalue weighted by atomic mass is 10.1. The minimum absolute atomic E-state index is 0.0170. The van der Waals surface area contributed by atoms with Gasteiger partial charge in [-0.3, -0.25) is 4.90 Å². The van der Waals surface area contributed by atoms with Crippen LogP contribution in [0.15, 0.2) is 24.3 Å². The number of hydrogen-bond donors (Lipinski definition) is 1. The van der Waals surface area contributed by atoms with Crippen molar-refractivity contribution < 1.29 is 9.53 Å². The molecule has 4 nitrogen and oxygen atoms in total. The van der Waals surface area contributed by atoms with Crippen molar-refractivity contribution in [3.8, 4) is 0 Å². The Morgan fingerprint density at radius 3 is 2.81 bits per heavy atom. The van der Waals surface area contributed by atoms with Gasteiger partial charge in [-0.25, -0.2) is 4.79 Å². The fourth-order valence-electron chi connectivity index (χ4n) is 2.36. The summed E-state index contributed by atoms with van der Waals surface area (Å²) in [6, 6.07) is 7.41. The first kappa shape index (κ1) is 9.51. The zero-order valence-electron chi connectivity index (χ0n) is 8.98. The molecule has 0 unspecified atom stereocenters. The highest BCUT2D eigenvalue weighted by Crippen LogP contribution is 2.49. The summed E-state index contributed by atoms with van der Waals surface area (Å²) in [4.78, 5) is 13.6. The molecular weight excluding hydrogens is 204 g/mol. The van der Waals surface area contributed by atoms with Crippen LogP contribution in [0.3, 0.4) is 0 Å². The second kappa shape index (κ2) is 3.14. The Balaban J connectivity index is 2.00. The Morgan fingerprint density at radius 1 is 1.31 bits per heavy atom. The average Bonchev–Trinajstić information content (AvgIpc) is 2.98. The molecule has 1 aliphatic carbocycles. The third-order valence-electron chi connectivity index (χ3n) is 3.41. The molecule has 1 spiro atoms. The van der Waals surface area contributed by atoms with Crippen molar-refractivity contribution in [2.24, 2.45) is 0 Å². The Labute approximate surface area is 94.0 Å². The van der Waals surface area contributed by atoms with E-state index in [2.05, 4.69) is 0 Å². The van der Waals surface area contributed by atoms with Crippen LogP contribution in [-0.4, -0.2) is 18.2 Å². The molecule has 0 bridgehead atoms. The molecule has 2 aliphatic rings. The van der Waals surface area contributed by atoms with E-state index < -0.39 is 0 Å². The smallest absolute Gasteiger partial charge is 0.414 e. The monoisotopic (exact) mass is 218 g/mol. The number of ether oxygens (including phenoxy) is 1. The van der Waals surface area contributed by atoms with Crippen LogP contribution in [0.5, 0.6) is 0 Å². The molecule has 4 heteroatoms. The van der Waals surface area contributed by atoms with Gasteiger partial charge in [-0.05, 0) is 31.0 Å². The Kier molecular flexibility index (Phi) is 1.87. The predicted octanol–water partition coefficient (Wildman–Crippen LogP) is 2.15. The number of carbonyl (C=O) groups excluding carboxylic acids is 1. The predicted molar refractivity (Wildman–Crippen MR) is 61.3 cm³/mol. The number of nitrogen functional groups attached to an aromatic ring is 1. The molecule has 16 heavy (non-hydrogen) atoms. The Morgan fingerprint density at radius 2 is 2.12 bits per heavy atom. The van der Waals surface area contributed by atoms with E-state index in [0.29, 0.717) is 12.3 Å². The molecule has 2 fully saturated rings. The van der Waals surface area contributed by atoms with Crippen LogP contribution in [0.1, 0.15) is 19.3 Å². The van der Waals surface area contributed by atoms with Crippen molar-refractivity contribution in [2.45, 2.75) is 24.8 Å². The lowest BCUT2D eigenvalue weighted by Gasteiger charge is -2.35. The zero-order valence-corrected chi connectivity index (χ0v) is 8.98. The molecule has 3 rings (SSSR count). The lowest BCUT2D eigenvalue weighted by Crippen LogP contribution is -2.47. The summed E-state index contributed by atoms with van der Waals surface area (Å²) in [7, 11) is 0. The Bertz CT molecular complexity index is 440. The summed E-state index contributed by atoms with van der Waals surface area (Å²) >= 11 is 0. The zero-order chi connectivity index (χ0) is 11.2. The summed E-state index contributed by atoms with van der Waals surface area (Å²) in [6.45, 7) is 0.539. The maximum absolute atomic E-state index is 11.8. The third-order valence-corrected chi connectivity index (χ3v) is 3.41. The molecule has 1 aliphatic heterocycles. The van der Waals surface area contributed by atoms with Gasteiger partial charge in [-0.15, -0.1) is 0 Å². The molecule has 1 aromatic rings. The van der Waals surface area contributed by atoms with Gasteiger partial charge in [-0.1, -0.05) is 6.07 Å². The van der Waals surface area contributed by atoms with E-state index in [4.69, 9.17) is 10.5 Å². The van der Waals surface area contributed by atoms with Crippen LogP contribution < -0.4 is 10.6 Å². The topological polar surface area (TPSA) is 55.6 Å². The summed E-state index contributed by atoms with van der Waals surface area (Å²) in [5, 5.41) is 0. The Hall–Kier alpha value is -1.71. The number of benzene rings is 1. The maximum Gasteiger partial charge on any atom is 0.414 e. The van der Waals surface area contributed by atoms with Gasteiger partial charge in [0.1, 0.15) is 0 Å². The number of rotatable bonds is 1. The number of carbonyl (C=O) groups is 1. The molecule has 0 atom stereocenters.